The molecular weight excluding hydrogens is 263 g/mol. The van der Waals surface area contributed by atoms with Gasteiger partial charge in [0.1, 0.15) is 5.82 Å². The van der Waals surface area contributed by atoms with Crippen molar-refractivity contribution in [3.8, 4) is 22.5 Å². The average molecular weight is 273 g/mol. The summed E-state index contributed by atoms with van der Waals surface area (Å²) >= 11 is 6.12. The van der Waals surface area contributed by atoms with E-state index in [2.05, 4.69) is 10.2 Å². The molecule has 1 heterocycles. The van der Waals surface area contributed by atoms with Crippen molar-refractivity contribution in [2.75, 3.05) is 0 Å². The molecule has 1 aromatic heterocycles. The third-order valence-corrected chi connectivity index (χ3v) is 3.22. The van der Waals surface area contributed by atoms with Crippen LogP contribution in [0.2, 0.25) is 5.02 Å². The van der Waals surface area contributed by atoms with Gasteiger partial charge in [-0.1, -0.05) is 41.9 Å². The van der Waals surface area contributed by atoms with Crippen LogP contribution in [-0.4, -0.2) is 10.2 Å². The Morgan fingerprint density at radius 3 is 2.37 bits per heavy atom. The van der Waals surface area contributed by atoms with Crippen molar-refractivity contribution in [1.29, 1.82) is 0 Å². The lowest BCUT2D eigenvalue weighted by Crippen LogP contribution is -1.82. The fraction of sp³-hybridized carbons (Fsp3) is 0. The zero-order valence-corrected chi connectivity index (χ0v) is 10.7. The predicted octanol–water partition coefficient (Wildman–Crippen LogP) is 4.54. The van der Waals surface area contributed by atoms with Crippen LogP contribution in [0, 0.1) is 5.82 Å². The molecule has 2 nitrogen and oxygen atoms in total. The highest BCUT2D eigenvalue weighted by molar-refractivity contribution is 6.33. The molecule has 0 atom stereocenters. The Morgan fingerprint density at radius 1 is 0.947 bits per heavy atom. The standard InChI is InChI=1S/C15H10ClFN2/c16-12-7-3-1-5-10(12)14-9-15(19-18-14)11-6-2-4-8-13(11)17/h1-9H,(H,18,19). The number of benzene rings is 2. The van der Waals surface area contributed by atoms with Crippen LogP contribution in [0.15, 0.2) is 54.6 Å². The summed E-state index contributed by atoms with van der Waals surface area (Å²) in [6, 6.07) is 15.8. The highest BCUT2D eigenvalue weighted by atomic mass is 35.5. The number of nitrogens with one attached hydrogen (secondary N) is 1. The van der Waals surface area contributed by atoms with Gasteiger partial charge >= 0.3 is 0 Å². The van der Waals surface area contributed by atoms with Crippen LogP contribution in [0.25, 0.3) is 22.5 Å². The second kappa shape index (κ2) is 4.86. The third kappa shape index (κ3) is 2.25. The summed E-state index contributed by atoms with van der Waals surface area (Å²) in [7, 11) is 0. The van der Waals surface area contributed by atoms with Crippen LogP contribution in [0.1, 0.15) is 0 Å². The van der Waals surface area contributed by atoms with Crippen LogP contribution in [-0.2, 0) is 0 Å². The summed E-state index contributed by atoms with van der Waals surface area (Å²) in [5.74, 6) is -0.281. The molecule has 0 amide bonds. The number of aromatic nitrogens is 2. The van der Waals surface area contributed by atoms with Crippen molar-refractivity contribution in [2.45, 2.75) is 0 Å². The van der Waals surface area contributed by atoms with E-state index in [1.807, 2.05) is 18.2 Å². The van der Waals surface area contributed by atoms with Gasteiger partial charge in [0, 0.05) is 11.1 Å². The highest BCUT2D eigenvalue weighted by Crippen LogP contribution is 2.29. The smallest absolute Gasteiger partial charge is 0.132 e. The van der Waals surface area contributed by atoms with Crippen LogP contribution in [0.3, 0.4) is 0 Å². The van der Waals surface area contributed by atoms with Gasteiger partial charge in [-0.15, -0.1) is 0 Å². The van der Waals surface area contributed by atoms with E-state index in [0.29, 0.717) is 22.0 Å². The van der Waals surface area contributed by atoms with E-state index < -0.39 is 0 Å². The maximum absolute atomic E-state index is 13.7. The van der Waals surface area contributed by atoms with E-state index >= 15 is 0 Å². The number of nitrogens with zero attached hydrogens (tertiary/aromatic N) is 1. The summed E-state index contributed by atoms with van der Waals surface area (Å²) in [6.07, 6.45) is 0. The first kappa shape index (κ1) is 11.9. The molecule has 0 radical (unpaired) electrons. The lowest BCUT2D eigenvalue weighted by Gasteiger charge is -1.99. The summed E-state index contributed by atoms with van der Waals surface area (Å²) in [6.45, 7) is 0. The minimum absolute atomic E-state index is 0.281. The monoisotopic (exact) mass is 272 g/mol. The normalized spacial score (nSPS) is 10.6. The van der Waals surface area contributed by atoms with Gasteiger partial charge in [0.05, 0.1) is 16.4 Å². The van der Waals surface area contributed by atoms with Crippen molar-refractivity contribution in [3.63, 3.8) is 0 Å². The SMILES string of the molecule is Fc1ccccc1-c1cc(-c2ccccc2Cl)n[nH]1. The van der Waals surface area contributed by atoms with E-state index in [1.54, 1.807) is 30.3 Å². The molecule has 2 aromatic carbocycles. The maximum atomic E-state index is 13.7. The van der Waals surface area contributed by atoms with Gasteiger partial charge in [0.15, 0.2) is 0 Å². The fourth-order valence-corrected chi connectivity index (χ4v) is 2.18. The molecule has 1 N–H and O–H groups in total. The Morgan fingerprint density at radius 2 is 1.63 bits per heavy atom. The fourth-order valence-electron chi connectivity index (χ4n) is 1.95. The van der Waals surface area contributed by atoms with E-state index in [1.165, 1.54) is 6.07 Å². The van der Waals surface area contributed by atoms with Crippen molar-refractivity contribution >= 4 is 11.6 Å². The molecule has 19 heavy (non-hydrogen) atoms. The largest absolute Gasteiger partial charge is 0.277 e. The Balaban J connectivity index is 2.06. The second-order valence-corrected chi connectivity index (χ2v) is 4.53. The van der Waals surface area contributed by atoms with Crippen molar-refractivity contribution in [1.82, 2.24) is 10.2 Å². The van der Waals surface area contributed by atoms with E-state index in [-0.39, 0.29) is 5.82 Å². The molecule has 3 aromatic rings. The number of hydrogen-bond donors (Lipinski definition) is 1. The quantitative estimate of drug-likeness (QED) is 0.729. The van der Waals surface area contributed by atoms with Gasteiger partial charge in [0.2, 0.25) is 0 Å². The molecule has 0 aliphatic rings. The molecule has 0 aliphatic heterocycles. The van der Waals surface area contributed by atoms with Crippen molar-refractivity contribution in [2.24, 2.45) is 0 Å². The molecule has 94 valence electrons. The van der Waals surface area contributed by atoms with E-state index in [4.69, 9.17) is 11.6 Å². The minimum Gasteiger partial charge on any atom is -0.277 e. The van der Waals surface area contributed by atoms with Gasteiger partial charge in [0.25, 0.3) is 0 Å². The molecule has 0 aliphatic carbocycles. The molecule has 0 fully saturated rings. The van der Waals surface area contributed by atoms with Crippen LogP contribution in [0.4, 0.5) is 4.39 Å². The summed E-state index contributed by atoms with van der Waals surface area (Å²) in [4.78, 5) is 0. The van der Waals surface area contributed by atoms with Crippen molar-refractivity contribution in [3.05, 3.63) is 65.4 Å². The number of H-pyrrole nitrogens is 1. The Kier molecular flexibility index (Phi) is 3.05. The minimum atomic E-state index is -0.281. The first-order valence-electron chi connectivity index (χ1n) is 5.81. The van der Waals surface area contributed by atoms with Crippen molar-refractivity contribution < 1.29 is 4.39 Å². The number of halogens is 2. The molecule has 0 unspecified atom stereocenters. The first-order valence-corrected chi connectivity index (χ1v) is 6.19. The molecule has 4 heteroatoms. The topological polar surface area (TPSA) is 28.7 Å². The van der Waals surface area contributed by atoms with Crippen LogP contribution in [0.5, 0.6) is 0 Å². The Hall–Kier alpha value is -2.13. The lowest BCUT2D eigenvalue weighted by atomic mass is 10.1. The zero-order valence-electron chi connectivity index (χ0n) is 9.90. The van der Waals surface area contributed by atoms with Gasteiger partial charge < -0.3 is 0 Å². The Bertz CT molecular complexity index is 661. The van der Waals surface area contributed by atoms with Crippen LogP contribution < -0.4 is 0 Å². The van der Waals surface area contributed by atoms with Gasteiger partial charge in [-0.25, -0.2) is 4.39 Å². The number of rotatable bonds is 2. The van der Waals surface area contributed by atoms with Gasteiger partial charge in [-0.2, -0.15) is 5.10 Å². The highest BCUT2D eigenvalue weighted by Gasteiger charge is 2.10. The summed E-state index contributed by atoms with van der Waals surface area (Å²) in [5, 5.41) is 7.65. The van der Waals surface area contributed by atoms with Gasteiger partial charge in [-0.3, -0.25) is 5.10 Å². The molecular formula is C15H10ClFN2. The average Bonchev–Trinajstić information content (AvgIpc) is 2.89. The first-order chi connectivity index (χ1) is 9.25. The zero-order chi connectivity index (χ0) is 13.2. The van der Waals surface area contributed by atoms with E-state index in [0.717, 1.165) is 5.56 Å². The van der Waals surface area contributed by atoms with Crippen LogP contribution >= 0.6 is 11.6 Å². The molecule has 0 bridgehead atoms. The van der Waals surface area contributed by atoms with E-state index in [9.17, 15) is 4.39 Å². The number of hydrogen-bond acceptors (Lipinski definition) is 1. The number of aromatic amines is 1. The maximum Gasteiger partial charge on any atom is 0.132 e. The molecule has 0 saturated heterocycles. The third-order valence-electron chi connectivity index (χ3n) is 2.89. The predicted molar refractivity (Wildman–Crippen MR) is 74.4 cm³/mol. The summed E-state index contributed by atoms with van der Waals surface area (Å²) in [5.41, 5.74) is 2.65. The second-order valence-electron chi connectivity index (χ2n) is 4.13. The molecule has 0 spiro atoms. The van der Waals surface area contributed by atoms with Gasteiger partial charge in [-0.05, 0) is 24.3 Å². The molecule has 0 saturated carbocycles. The summed E-state index contributed by atoms with van der Waals surface area (Å²) < 4.78 is 13.7. The lowest BCUT2D eigenvalue weighted by molar-refractivity contribution is 0.630. The Labute approximate surface area is 114 Å². The molecule has 3 rings (SSSR count).